The van der Waals surface area contributed by atoms with Gasteiger partial charge in [0, 0.05) is 22.8 Å². The molecule has 0 aliphatic heterocycles. The Bertz CT molecular complexity index is 232. The van der Waals surface area contributed by atoms with E-state index in [0.29, 0.717) is 0 Å². The maximum Gasteiger partial charge on any atom is 0.233 e. The third kappa shape index (κ3) is 1.10. The van der Waals surface area contributed by atoms with Gasteiger partial charge in [0.1, 0.15) is 0 Å². The molecule has 2 nitrogen and oxygen atoms in total. The molecule has 0 saturated heterocycles. The summed E-state index contributed by atoms with van der Waals surface area (Å²) < 4.78 is 1.16. The van der Waals surface area contributed by atoms with Crippen LogP contribution in [0.15, 0.2) is 12.3 Å². The number of rotatable bonds is 0. The van der Waals surface area contributed by atoms with E-state index in [1.165, 1.54) is 0 Å². The van der Waals surface area contributed by atoms with Gasteiger partial charge in [0.15, 0.2) is 0 Å². The normalized spacial score (nSPS) is 9.90. The van der Waals surface area contributed by atoms with Crippen LogP contribution >= 0.6 is 0 Å². The zero-order valence-electron chi connectivity index (χ0n) is 6.55. The summed E-state index contributed by atoms with van der Waals surface area (Å²) in [6.07, 6.45) is 1.70. The highest BCUT2D eigenvalue weighted by molar-refractivity contribution is 5.17. The van der Waals surface area contributed by atoms with Crippen molar-refractivity contribution in [1.29, 1.82) is 0 Å². The number of nitrogens with zero attached hydrogens (tertiary/aromatic N) is 1. The molecule has 1 aromatic rings. The summed E-state index contributed by atoms with van der Waals surface area (Å²) in [4.78, 5) is 0. The van der Waals surface area contributed by atoms with Gasteiger partial charge in [-0.3, -0.25) is 5.21 Å². The van der Waals surface area contributed by atoms with Crippen LogP contribution in [-0.4, -0.2) is 5.21 Å². The molecule has 0 fully saturated rings. The molecular weight excluding hydrogens is 126 g/mol. The number of hydrogen-bond acceptors (Lipinski definition) is 1. The Morgan fingerprint density at radius 3 is 2.40 bits per heavy atom. The molecule has 0 aromatic carbocycles. The lowest BCUT2D eigenvalue weighted by Crippen LogP contribution is -2.34. The summed E-state index contributed by atoms with van der Waals surface area (Å²) in [5, 5.41) is 9.20. The second kappa shape index (κ2) is 2.29. The molecule has 0 unspecified atom stereocenters. The predicted octanol–water partition coefficient (Wildman–Crippen LogP) is 1.14. The molecule has 0 atom stereocenters. The quantitative estimate of drug-likeness (QED) is 0.422. The molecule has 1 aromatic heterocycles. The SMILES string of the molecule is Cc1cc(C)c(C)[n+](O)c1. The van der Waals surface area contributed by atoms with Crippen molar-refractivity contribution in [3.63, 3.8) is 0 Å². The van der Waals surface area contributed by atoms with E-state index >= 15 is 0 Å². The molecule has 10 heavy (non-hydrogen) atoms. The van der Waals surface area contributed by atoms with Gasteiger partial charge < -0.3 is 0 Å². The van der Waals surface area contributed by atoms with Crippen LogP contribution in [0, 0.1) is 20.8 Å². The average Bonchev–Trinajstić information content (AvgIpc) is 1.82. The van der Waals surface area contributed by atoms with Crippen LogP contribution < -0.4 is 4.73 Å². The van der Waals surface area contributed by atoms with Crippen molar-refractivity contribution in [3.05, 3.63) is 29.1 Å². The lowest BCUT2D eigenvalue weighted by molar-refractivity contribution is -0.909. The van der Waals surface area contributed by atoms with Gasteiger partial charge in [0.2, 0.25) is 11.9 Å². The second-order valence-electron chi connectivity index (χ2n) is 2.63. The predicted molar refractivity (Wildman–Crippen MR) is 38.0 cm³/mol. The third-order valence-corrected chi connectivity index (χ3v) is 1.68. The van der Waals surface area contributed by atoms with Crippen molar-refractivity contribution < 1.29 is 9.94 Å². The molecule has 0 aliphatic carbocycles. The minimum Gasteiger partial charge on any atom is -0.285 e. The lowest BCUT2D eigenvalue weighted by Gasteiger charge is -1.95. The van der Waals surface area contributed by atoms with Gasteiger partial charge in [-0.1, -0.05) is 0 Å². The van der Waals surface area contributed by atoms with Crippen LogP contribution in [0.4, 0.5) is 0 Å². The fourth-order valence-corrected chi connectivity index (χ4v) is 0.954. The molecular formula is C8H12NO+. The summed E-state index contributed by atoms with van der Waals surface area (Å²) in [5.41, 5.74) is 3.08. The van der Waals surface area contributed by atoms with Gasteiger partial charge >= 0.3 is 0 Å². The number of hydrogen-bond donors (Lipinski definition) is 1. The molecule has 0 saturated carbocycles. The fourth-order valence-electron chi connectivity index (χ4n) is 0.954. The van der Waals surface area contributed by atoms with Gasteiger partial charge in [-0.2, -0.15) is 0 Å². The van der Waals surface area contributed by atoms with Crippen molar-refractivity contribution in [2.24, 2.45) is 0 Å². The first kappa shape index (κ1) is 7.06. The molecule has 0 spiro atoms. The van der Waals surface area contributed by atoms with E-state index in [-0.39, 0.29) is 0 Å². The van der Waals surface area contributed by atoms with Crippen molar-refractivity contribution in [2.75, 3.05) is 0 Å². The Morgan fingerprint density at radius 2 is 1.90 bits per heavy atom. The maximum atomic E-state index is 9.20. The smallest absolute Gasteiger partial charge is 0.233 e. The van der Waals surface area contributed by atoms with Gasteiger partial charge in [0.25, 0.3) is 0 Å². The first-order valence-corrected chi connectivity index (χ1v) is 3.30. The van der Waals surface area contributed by atoms with E-state index < -0.39 is 0 Å². The molecule has 1 N–H and O–H groups in total. The van der Waals surface area contributed by atoms with Gasteiger partial charge in [-0.25, -0.2) is 0 Å². The molecule has 0 radical (unpaired) electrons. The van der Waals surface area contributed by atoms with Crippen LogP contribution in [0.3, 0.4) is 0 Å². The topological polar surface area (TPSA) is 24.1 Å². The van der Waals surface area contributed by atoms with Crippen LogP contribution in [0.2, 0.25) is 0 Å². The summed E-state index contributed by atoms with van der Waals surface area (Å²) in [7, 11) is 0. The van der Waals surface area contributed by atoms with E-state index in [9.17, 15) is 5.21 Å². The highest BCUT2D eigenvalue weighted by Gasteiger charge is 2.07. The zero-order valence-corrected chi connectivity index (χ0v) is 6.55. The molecule has 0 amide bonds. The van der Waals surface area contributed by atoms with Crippen LogP contribution in [0.25, 0.3) is 0 Å². The molecule has 1 rings (SSSR count). The lowest BCUT2D eigenvalue weighted by atomic mass is 10.2. The van der Waals surface area contributed by atoms with Gasteiger partial charge in [-0.15, -0.1) is 0 Å². The van der Waals surface area contributed by atoms with E-state index in [1.807, 2.05) is 26.8 Å². The Morgan fingerprint density at radius 1 is 1.30 bits per heavy atom. The Hall–Kier alpha value is -1.05. The Kier molecular flexibility index (Phi) is 1.62. The second-order valence-corrected chi connectivity index (χ2v) is 2.63. The van der Waals surface area contributed by atoms with Crippen LogP contribution in [0.1, 0.15) is 16.8 Å². The molecule has 0 bridgehead atoms. The largest absolute Gasteiger partial charge is 0.285 e. The zero-order chi connectivity index (χ0) is 7.72. The molecule has 2 heteroatoms. The monoisotopic (exact) mass is 138 g/mol. The van der Waals surface area contributed by atoms with Gasteiger partial charge in [-0.05, 0) is 19.9 Å². The number of aryl methyl sites for hydroxylation is 2. The maximum absolute atomic E-state index is 9.20. The van der Waals surface area contributed by atoms with Crippen LogP contribution in [-0.2, 0) is 0 Å². The van der Waals surface area contributed by atoms with E-state index in [2.05, 4.69) is 0 Å². The minimum absolute atomic E-state index is 0.894. The first-order chi connectivity index (χ1) is 4.61. The average molecular weight is 138 g/mol. The van der Waals surface area contributed by atoms with Gasteiger partial charge in [0.05, 0.1) is 0 Å². The summed E-state index contributed by atoms with van der Waals surface area (Å²) in [5.74, 6) is 0. The molecule has 0 aliphatic rings. The molecule has 54 valence electrons. The summed E-state index contributed by atoms with van der Waals surface area (Å²) in [6.45, 7) is 5.82. The first-order valence-electron chi connectivity index (χ1n) is 3.30. The number of aromatic nitrogens is 1. The van der Waals surface area contributed by atoms with E-state index in [0.717, 1.165) is 21.6 Å². The highest BCUT2D eigenvalue weighted by Crippen LogP contribution is 2.01. The third-order valence-electron chi connectivity index (χ3n) is 1.68. The minimum atomic E-state index is 0.894. The fraction of sp³-hybridized carbons (Fsp3) is 0.375. The van der Waals surface area contributed by atoms with Crippen LogP contribution in [0.5, 0.6) is 0 Å². The van der Waals surface area contributed by atoms with Crippen molar-refractivity contribution in [3.8, 4) is 0 Å². The Labute approximate surface area is 60.7 Å². The van der Waals surface area contributed by atoms with Crippen molar-refractivity contribution in [1.82, 2.24) is 0 Å². The summed E-state index contributed by atoms with van der Waals surface area (Å²) >= 11 is 0. The summed E-state index contributed by atoms with van der Waals surface area (Å²) in [6, 6.07) is 2.04. The molecule has 1 heterocycles. The number of pyridine rings is 1. The van der Waals surface area contributed by atoms with E-state index in [1.54, 1.807) is 6.20 Å². The Balaban J connectivity index is 3.31. The van der Waals surface area contributed by atoms with E-state index in [4.69, 9.17) is 0 Å². The van der Waals surface area contributed by atoms with Crippen molar-refractivity contribution in [2.45, 2.75) is 20.8 Å². The standard InChI is InChI=1S/C8H12NO/c1-6-4-7(2)8(3)9(10)5-6/h4-5,10H,1-3H3/q+1. The van der Waals surface area contributed by atoms with Crippen molar-refractivity contribution >= 4 is 0 Å². The highest BCUT2D eigenvalue weighted by atomic mass is 16.5.